The molecule has 23 heavy (non-hydrogen) atoms. The van der Waals surface area contributed by atoms with Gasteiger partial charge >= 0.3 is 5.97 Å². The van der Waals surface area contributed by atoms with E-state index in [9.17, 15) is 9.59 Å². The summed E-state index contributed by atoms with van der Waals surface area (Å²) < 4.78 is 11.5. The van der Waals surface area contributed by atoms with Gasteiger partial charge < -0.3 is 9.47 Å². The van der Waals surface area contributed by atoms with Gasteiger partial charge in [0, 0.05) is 11.6 Å². The zero-order valence-electron chi connectivity index (χ0n) is 13.5. The van der Waals surface area contributed by atoms with Gasteiger partial charge in [-0.15, -0.1) is 0 Å². The number of hydrogen-bond acceptors (Lipinski definition) is 5. The number of carbonyl (C=O) groups is 1. The number of nitrogens with zero attached hydrogens (tertiary/aromatic N) is 2. The van der Waals surface area contributed by atoms with E-state index >= 15 is 0 Å². The second-order valence-corrected chi connectivity index (χ2v) is 4.88. The maximum absolute atomic E-state index is 12.1. The minimum Gasteiger partial charge on any atom is -0.496 e. The van der Waals surface area contributed by atoms with Crippen molar-refractivity contribution < 1.29 is 14.3 Å². The van der Waals surface area contributed by atoms with Crippen LogP contribution in [0.2, 0.25) is 0 Å². The summed E-state index contributed by atoms with van der Waals surface area (Å²) in [6.07, 6.45) is 0.418. The number of ether oxygens (including phenoxy) is 2. The molecule has 2 rings (SSSR count). The Morgan fingerprint density at radius 1 is 1.22 bits per heavy atom. The molecule has 0 fully saturated rings. The monoisotopic (exact) mass is 316 g/mol. The highest BCUT2D eigenvalue weighted by Crippen LogP contribution is 2.27. The van der Waals surface area contributed by atoms with Crippen molar-refractivity contribution in [2.24, 2.45) is 0 Å². The van der Waals surface area contributed by atoms with Gasteiger partial charge in [-0.05, 0) is 31.5 Å². The third-order valence-corrected chi connectivity index (χ3v) is 3.45. The van der Waals surface area contributed by atoms with Crippen LogP contribution in [0.15, 0.2) is 41.2 Å². The molecular formula is C17H20N2O4. The van der Waals surface area contributed by atoms with Crippen molar-refractivity contribution in [1.82, 2.24) is 9.78 Å². The second-order valence-electron chi connectivity index (χ2n) is 4.88. The highest BCUT2D eigenvalue weighted by atomic mass is 16.5. The van der Waals surface area contributed by atoms with Crippen LogP contribution in [0.25, 0.3) is 11.3 Å². The van der Waals surface area contributed by atoms with Crippen molar-refractivity contribution in [3.8, 4) is 17.0 Å². The molecule has 0 aliphatic rings. The lowest BCUT2D eigenvalue weighted by Crippen LogP contribution is -2.32. The summed E-state index contributed by atoms with van der Waals surface area (Å²) in [5.41, 5.74) is 0.968. The van der Waals surface area contributed by atoms with Gasteiger partial charge in [-0.1, -0.05) is 19.1 Å². The third-order valence-electron chi connectivity index (χ3n) is 3.45. The summed E-state index contributed by atoms with van der Waals surface area (Å²) in [5.74, 6) is 0.191. The number of carbonyl (C=O) groups excluding carboxylic acids is 1. The number of esters is 1. The lowest BCUT2D eigenvalue weighted by atomic mass is 10.1. The fourth-order valence-corrected chi connectivity index (χ4v) is 2.33. The van der Waals surface area contributed by atoms with Crippen LogP contribution in [0, 0.1) is 0 Å². The third kappa shape index (κ3) is 3.59. The van der Waals surface area contributed by atoms with E-state index in [-0.39, 0.29) is 12.2 Å². The smallest absolute Gasteiger partial charge is 0.331 e. The first-order valence-electron chi connectivity index (χ1n) is 7.52. The molecule has 0 spiro atoms. The maximum atomic E-state index is 12.1. The fourth-order valence-electron chi connectivity index (χ4n) is 2.33. The molecular weight excluding hydrogens is 296 g/mol. The van der Waals surface area contributed by atoms with Crippen LogP contribution in [-0.2, 0) is 9.53 Å². The van der Waals surface area contributed by atoms with Crippen molar-refractivity contribution in [2.75, 3.05) is 13.7 Å². The Bertz CT molecular complexity index is 739. The molecule has 1 heterocycles. The summed E-state index contributed by atoms with van der Waals surface area (Å²) in [6.45, 7) is 3.80. The molecule has 0 aliphatic heterocycles. The van der Waals surface area contributed by atoms with Crippen LogP contribution in [0.5, 0.6) is 5.75 Å². The van der Waals surface area contributed by atoms with Gasteiger partial charge in [-0.2, -0.15) is 5.10 Å². The van der Waals surface area contributed by atoms with Crippen molar-refractivity contribution in [1.29, 1.82) is 0 Å². The maximum Gasteiger partial charge on any atom is 0.331 e. The SMILES string of the molecule is CCOC(=O)C(CC)n1nc(-c2ccccc2OC)ccc1=O. The topological polar surface area (TPSA) is 70.4 Å². The van der Waals surface area contributed by atoms with Crippen LogP contribution in [0.3, 0.4) is 0 Å². The van der Waals surface area contributed by atoms with Crippen LogP contribution >= 0.6 is 0 Å². The molecule has 0 saturated heterocycles. The molecule has 0 bridgehead atoms. The molecule has 0 aliphatic carbocycles. The van der Waals surface area contributed by atoms with Crippen molar-refractivity contribution in [3.63, 3.8) is 0 Å². The number of para-hydroxylation sites is 1. The first-order valence-corrected chi connectivity index (χ1v) is 7.52. The summed E-state index contributed by atoms with van der Waals surface area (Å²) in [4.78, 5) is 24.2. The minimum atomic E-state index is -0.739. The van der Waals surface area contributed by atoms with Gasteiger partial charge in [0.15, 0.2) is 6.04 Å². The minimum absolute atomic E-state index is 0.260. The zero-order valence-corrected chi connectivity index (χ0v) is 13.5. The molecule has 0 radical (unpaired) electrons. The van der Waals surface area contributed by atoms with Crippen molar-refractivity contribution in [2.45, 2.75) is 26.3 Å². The Hall–Kier alpha value is -2.63. The van der Waals surface area contributed by atoms with Crippen LogP contribution in [0.4, 0.5) is 0 Å². The summed E-state index contributed by atoms with van der Waals surface area (Å²) >= 11 is 0. The standard InChI is InChI=1S/C17H20N2O4/c1-4-14(17(21)23-5-2)19-16(20)11-10-13(18-19)12-8-6-7-9-15(12)22-3/h6-11,14H,4-5H2,1-3H3. The van der Waals surface area contributed by atoms with Gasteiger partial charge in [0.25, 0.3) is 5.56 Å². The number of rotatable bonds is 6. The number of hydrogen-bond donors (Lipinski definition) is 0. The Morgan fingerprint density at radius 2 is 1.96 bits per heavy atom. The zero-order chi connectivity index (χ0) is 16.8. The number of methoxy groups -OCH3 is 1. The highest BCUT2D eigenvalue weighted by molar-refractivity contribution is 5.74. The van der Waals surface area contributed by atoms with E-state index in [2.05, 4.69) is 5.10 Å². The number of aromatic nitrogens is 2. The van der Waals surface area contributed by atoms with Crippen LogP contribution in [0.1, 0.15) is 26.3 Å². The predicted molar refractivity (Wildman–Crippen MR) is 86.4 cm³/mol. The molecule has 1 aromatic carbocycles. The lowest BCUT2D eigenvalue weighted by molar-refractivity contribution is -0.147. The normalized spacial score (nSPS) is 11.8. The molecule has 6 heteroatoms. The first kappa shape index (κ1) is 16.7. The average Bonchev–Trinajstić information content (AvgIpc) is 2.57. The molecule has 1 atom stereocenters. The quantitative estimate of drug-likeness (QED) is 0.766. The van der Waals surface area contributed by atoms with E-state index in [0.29, 0.717) is 17.9 Å². The van der Waals surface area contributed by atoms with Gasteiger partial charge in [0.1, 0.15) is 5.75 Å². The Labute approximate surface area is 134 Å². The van der Waals surface area contributed by atoms with Gasteiger partial charge in [-0.25, -0.2) is 9.48 Å². The van der Waals surface area contributed by atoms with E-state index in [1.165, 1.54) is 10.7 Å². The highest BCUT2D eigenvalue weighted by Gasteiger charge is 2.22. The summed E-state index contributed by atoms with van der Waals surface area (Å²) in [6, 6.07) is 9.66. The van der Waals surface area contributed by atoms with E-state index < -0.39 is 12.0 Å². The van der Waals surface area contributed by atoms with Crippen molar-refractivity contribution in [3.05, 3.63) is 46.8 Å². The molecule has 0 saturated carbocycles. The van der Waals surface area contributed by atoms with E-state index in [4.69, 9.17) is 9.47 Å². The molecule has 6 nitrogen and oxygen atoms in total. The van der Waals surface area contributed by atoms with E-state index in [1.54, 1.807) is 20.1 Å². The largest absolute Gasteiger partial charge is 0.496 e. The summed E-state index contributed by atoms with van der Waals surface area (Å²) in [7, 11) is 1.57. The molecule has 0 N–H and O–H groups in total. The Kier molecular flexibility index (Phi) is 5.51. The Balaban J connectivity index is 2.50. The van der Waals surface area contributed by atoms with Gasteiger partial charge in [0.2, 0.25) is 0 Å². The van der Waals surface area contributed by atoms with Crippen molar-refractivity contribution >= 4 is 5.97 Å². The molecule has 0 amide bonds. The predicted octanol–water partition coefficient (Wildman–Crippen LogP) is 2.43. The fraction of sp³-hybridized carbons (Fsp3) is 0.353. The molecule has 2 aromatic rings. The van der Waals surface area contributed by atoms with Gasteiger partial charge in [0.05, 0.1) is 19.4 Å². The summed E-state index contributed by atoms with van der Waals surface area (Å²) in [5, 5.41) is 4.35. The van der Waals surface area contributed by atoms with Gasteiger partial charge in [-0.3, -0.25) is 4.79 Å². The first-order chi connectivity index (χ1) is 11.1. The van der Waals surface area contributed by atoms with E-state index in [1.807, 2.05) is 31.2 Å². The average molecular weight is 316 g/mol. The lowest BCUT2D eigenvalue weighted by Gasteiger charge is -2.16. The number of benzene rings is 1. The molecule has 1 unspecified atom stereocenters. The molecule has 122 valence electrons. The van der Waals surface area contributed by atoms with Crippen LogP contribution < -0.4 is 10.3 Å². The Morgan fingerprint density at radius 3 is 2.61 bits per heavy atom. The molecule has 1 aromatic heterocycles. The van der Waals surface area contributed by atoms with Crippen LogP contribution in [-0.4, -0.2) is 29.5 Å². The van der Waals surface area contributed by atoms with E-state index in [0.717, 1.165) is 5.56 Å². The second kappa shape index (κ2) is 7.58.